The number of fused-ring (bicyclic) bond motifs is 3. The molecule has 17 heavy (non-hydrogen) atoms. The van der Waals surface area contributed by atoms with Gasteiger partial charge in [-0.3, -0.25) is 4.21 Å². The van der Waals surface area contributed by atoms with E-state index in [1.54, 1.807) is 7.11 Å². The first-order valence-corrected chi connectivity index (χ1v) is 7.45. The van der Waals surface area contributed by atoms with Crippen molar-refractivity contribution < 1.29 is 8.95 Å². The molecule has 1 saturated heterocycles. The van der Waals surface area contributed by atoms with Gasteiger partial charge in [0.05, 0.1) is 12.4 Å². The van der Waals surface area contributed by atoms with Crippen LogP contribution in [0.2, 0.25) is 0 Å². The van der Waals surface area contributed by atoms with Gasteiger partial charge >= 0.3 is 0 Å². The lowest BCUT2D eigenvalue weighted by molar-refractivity contribution is 0.413. The first kappa shape index (κ1) is 11.2. The molecular formula is C13H17NO2S. The summed E-state index contributed by atoms with van der Waals surface area (Å²) in [5, 5.41) is 3.78. The fraction of sp³-hybridized carbons (Fsp3) is 0.538. The zero-order valence-corrected chi connectivity index (χ0v) is 10.8. The summed E-state index contributed by atoms with van der Waals surface area (Å²) < 4.78 is 17.4. The van der Waals surface area contributed by atoms with Gasteiger partial charge < -0.3 is 10.1 Å². The van der Waals surface area contributed by atoms with Gasteiger partial charge in [-0.1, -0.05) is 6.07 Å². The molecule has 0 spiro atoms. The minimum absolute atomic E-state index is 0.250. The third-order valence-corrected chi connectivity index (χ3v) is 5.51. The van der Waals surface area contributed by atoms with Gasteiger partial charge in [0.25, 0.3) is 0 Å². The van der Waals surface area contributed by atoms with Crippen LogP contribution in [0.15, 0.2) is 18.2 Å². The van der Waals surface area contributed by atoms with E-state index in [0.717, 1.165) is 30.9 Å². The standard InChI is InChI=1S/C13H17NO2S/c1-16-10-4-3-9-7-12-13(11(9)8-10)14-5-2-6-17(12)15/h3-4,8,12-14H,2,5-7H2,1H3. The van der Waals surface area contributed by atoms with E-state index in [-0.39, 0.29) is 11.3 Å². The van der Waals surface area contributed by atoms with E-state index in [1.165, 1.54) is 11.1 Å². The molecule has 0 saturated carbocycles. The SMILES string of the molecule is COc1ccc2c(c1)C1NCCCS(=O)C1C2. The second-order valence-corrected chi connectivity index (χ2v) is 6.45. The monoisotopic (exact) mass is 251 g/mol. The van der Waals surface area contributed by atoms with E-state index in [4.69, 9.17) is 4.74 Å². The molecule has 1 N–H and O–H groups in total. The van der Waals surface area contributed by atoms with Gasteiger partial charge in [0.2, 0.25) is 0 Å². The molecule has 1 aromatic rings. The van der Waals surface area contributed by atoms with Gasteiger partial charge in [-0.05, 0) is 42.6 Å². The van der Waals surface area contributed by atoms with Gasteiger partial charge in [-0.15, -0.1) is 0 Å². The van der Waals surface area contributed by atoms with Crippen LogP contribution in [0.5, 0.6) is 5.75 Å². The maximum Gasteiger partial charge on any atom is 0.119 e. The highest BCUT2D eigenvalue weighted by Crippen LogP contribution is 2.37. The van der Waals surface area contributed by atoms with Crippen LogP contribution in [0.25, 0.3) is 0 Å². The fourth-order valence-corrected chi connectivity index (χ4v) is 4.46. The molecule has 2 aliphatic rings. The number of nitrogens with one attached hydrogen (secondary N) is 1. The Morgan fingerprint density at radius 3 is 3.18 bits per heavy atom. The second kappa shape index (κ2) is 4.42. The topological polar surface area (TPSA) is 38.3 Å². The van der Waals surface area contributed by atoms with Crippen LogP contribution < -0.4 is 10.1 Å². The highest BCUT2D eigenvalue weighted by atomic mass is 32.2. The molecule has 1 aromatic carbocycles. The van der Waals surface area contributed by atoms with Crippen molar-refractivity contribution in [3.63, 3.8) is 0 Å². The average molecular weight is 251 g/mol. The van der Waals surface area contributed by atoms with Crippen molar-refractivity contribution >= 4 is 10.8 Å². The molecule has 1 aliphatic carbocycles. The molecule has 0 aromatic heterocycles. The summed E-state index contributed by atoms with van der Waals surface area (Å²) in [6.07, 6.45) is 1.95. The summed E-state index contributed by atoms with van der Waals surface area (Å²) in [7, 11) is 0.986. The van der Waals surface area contributed by atoms with Gasteiger partial charge in [0.15, 0.2) is 0 Å². The fourth-order valence-electron chi connectivity index (χ4n) is 2.82. The molecule has 3 atom stereocenters. The number of ether oxygens (including phenoxy) is 1. The Labute approximate surface area is 104 Å². The minimum Gasteiger partial charge on any atom is -0.497 e. The quantitative estimate of drug-likeness (QED) is 0.820. The number of methoxy groups -OCH3 is 1. The zero-order valence-electron chi connectivity index (χ0n) is 9.94. The van der Waals surface area contributed by atoms with Gasteiger partial charge in [0.1, 0.15) is 5.75 Å². The third kappa shape index (κ3) is 1.89. The van der Waals surface area contributed by atoms with Gasteiger partial charge in [-0.25, -0.2) is 0 Å². The summed E-state index contributed by atoms with van der Waals surface area (Å²) in [4.78, 5) is 0. The summed E-state index contributed by atoms with van der Waals surface area (Å²) >= 11 is 0. The third-order valence-electron chi connectivity index (χ3n) is 3.71. The maximum absolute atomic E-state index is 12.2. The predicted octanol–water partition coefficient (Wildman–Crippen LogP) is 1.40. The number of benzene rings is 1. The molecule has 0 radical (unpaired) electrons. The van der Waals surface area contributed by atoms with Crippen LogP contribution >= 0.6 is 0 Å². The van der Waals surface area contributed by atoms with E-state index in [2.05, 4.69) is 17.4 Å². The van der Waals surface area contributed by atoms with Crippen molar-refractivity contribution in [1.29, 1.82) is 0 Å². The molecule has 4 heteroatoms. The highest BCUT2D eigenvalue weighted by Gasteiger charge is 2.37. The summed E-state index contributed by atoms with van der Waals surface area (Å²) in [6, 6.07) is 6.45. The number of hydrogen-bond donors (Lipinski definition) is 1. The van der Waals surface area contributed by atoms with Crippen molar-refractivity contribution in [2.24, 2.45) is 0 Å². The van der Waals surface area contributed by atoms with E-state index < -0.39 is 10.8 Å². The van der Waals surface area contributed by atoms with Crippen molar-refractivity contribution in [1.82, 2.24) is 5.32 Å². The number of hydrogen-bond acceptors (Lipinski definition) is 3. The Balaban J connectivity index is 2.00. The summed E-state index contributed by atoms with van der Waals surface area (Å²) in [5.74, 6) is 1.72. The smallest absolute Gasteiger partial charge is 0.119 e. The maximum atomic E-state index is 12.2. The van der Waals surface area contributed by atoms with Gasteiger partial charge in [-0.2, -0.15) is 0 Å². The molecule has 3 rings (SSSR count). The van der Waals surface area contributed by atoms with E-state index in [1.807, 2.05) is 6.07 Å². The van der Waals surface area contributed by atoms with Crippen LogP contribution in [-0.2, 0) is 17.2 Å². The Morgan fingerprint density at radius 1 is 1.47 bits per heavy atom. The summed E-state index contributed by atoms with van der Waals surface area (Å²) in [6.45, 7) is 0.962. The molecule has 1 fully saturated rings. The Hall–Kier alpha value is -0.870. The highest BCUT2D eigenvalue weighted by molar-refractivity contribution is 7.85. The molecule has 0 amide bonds. The first-order valence-electron chi connectivity index (χ1n) is 6.07. The van der Waals surface area contributed by atoms with Crippen LogP contribution in [0.3, 0.4) is 0 Å². The lowest BCUT2D eigenvalue weighted by Gasteiger charge is -2.17. The summed E-state index contributed by atoms with van der Waals surface area (Å²) in [5.41, 5.74) is 2.60. The van der Waals surface area contributed by atoms with E-state index in [0.29, 0.717) is 0 Å². The van der Waals surface area contributed by atoms with Crippen molar-refractivity contribution in [2.45, 2.75) is 24.1 Å². The predicted molar refractivity (Wildman–Crippen MR) is 68.9 cm³/mol. The first-order chi connectivity index (χ1) is 8.29. The van der Waals surface area contributed by atoms with Crippen LogP contribution in [0.1, 0.15) is 23.6 Å². The largest absolute Gasteiger partial charge is 0.497 e. The molecular weight excluding hydrogens is 234 g/mol. The number of rotatable bonds is 1. The normalized spacial score (nSPS) is 31.5. The van der Waals surface area contributed by atoms with E-state index in [9.17, 15) is 4.21 Å². The molecule has 3 unspecified atom stereocenters. The Bertz CT molecular complexity index is 461. The van der Waals surface area contributed by atoms with Crippen molar-refractivity contribution in [2.75, 3.05) is 19.4 Å². The van der Waals surface area contributed by atoms with Crippen molar-refractivity contribution in [3.05, 3.63) is 29.3 Å². The zero-order chi connectivity index (χ0) is 11.8. The second-order valence-electron chi connectivity index (χ2n) is 4.68. The molecule has 3 nitrogen and oxygen atoms in total. The van der Waals surface area contributed by atoms with Crippen LogP contribution in [0, 0.1) is 0 Å². The Morgan fingerprint density at radius 2 is 2.35 bits per heavy atom. The minimum atomic E-state index is -0.701. The molecule has 1 heterocycles. The van der Waals surface area contributed by atoms with Gasteiger partial charge in [0, 0.05) is 22.6 Å². The lowest BCUT2D eigenvalue weighted by atomic mass is 10.1. The van der Waals surface area contributed by atoms with Crippen LogP contribution in [0.4, 0.5) is 0 Å². The molecule has 0 bridgehead atoms. The Kier molecular flexibility index (Phi) is 2.92. The average Bonchev–Trinajstić information content (AvgIpc) is 2.62. The van der Waals surface area contributed by atoms with Crippen molar-refractivity contribution in [3.8, 4) is 5.75 Å². The van der Waals surface area contributed by atoms with Crippen LogP contribution in [-0.4, -0.2) is 28.9 Å². The molecule has 92 valence electrons. The molecule has 1 aliphatic heterocycles. The lowest BCUT2D eigenvalue weighted by Crippen LogP contribution is -2.29. The van der Waals surface area contributed by atoms with E-state index >= 15 is 0 Å².